The normalized spacial score (nSPS) is 47.1. The van der Waals surface area contributed by atoms with Crippen LogP contribution in [0.4, 0.5) is 0 Å². The summed E-state index contributed by atoms with van der Waals surface area (Å²) >= 11 is 0. The van der Waals surface area contributed by atoms with Crippen LogP contribution in [-0.2, 0) is 9.59 Å². The van der Waals surface area contributed by atoms with Crippen molar-refractivity contribution in [3.05, 3.63) is 0 Å². The fourth-order valence-corrected chi connectivity index (χ4v) is 5.32. The number of primary amides is 2. The van der Waals surface area contributed by atoms with Crippen LogP contribution >= 0.6 is 0 Å². The van der Waals surface area contributed by atoms with Crippen molar-refractivity contribution in [3.63, 3.8) is 0 Å². The summed E-state index contributed by atoms with van der Waals surface area (Å²) in [6, 6.07) is 0. The molecule has 0 heterocycles. The lowest BCUT2D eigenvalue weighted by Gasteiger charge is -2.60. The minimum atomic E-state index is -0.320. The van der Waals surface area contributed by atoms with E-state index in [2.05, 4.69) is 0 Å². The summed E-state index contributed by atoms with van der Waals surface area (Å²) in [7, 11) is 0. The van der Waals surface area contributed by atoms with E-state index >= 15 is 0 Å². The van der Waals surface area contributed by atoms with Crippen LogP contribution in [0.25, 0.3) is 0 Å². The summed E-state index contributed by atoms with van der Waals surface area (Å²) in [4.78, 5) is 23.1. The summed E-state index contributed by atoms with van der Waals surface area (Å²) in [6.07, 6.45) is 6.48. The first-order chi connectivity index (χ1) is 7.93. The number of carbonyl (C=O) groups excluding carboxylic acids is 2. The molecule has 4 saturated carbocycles. The van der Waals surface area contributed by atoms with Crippen molar-refractivity contribution in [3.8, 4) is 0 Å². The van der Waals surface area contributed by atoms with Crippen LogP contribution in [0.5, 0.6) is 0 Å². The Morgan fingerprint density at radius 2 is 1.65 bits per heavy atom. The predicted molar refractivity (Wildman–Crippen MR) is 62.6 cm³/mol. The number of hydrogen-bond acceptors (Lipinski definition) is 2. The molecule has 17 heavy (non-hydrogen) atoms. The minimum Gasteiger partial charge on any atom is -0.370 e. The number of rotatable bonds is 3. The molecule has 0 aromatic heterocycles. The molecule has 4 rings (SSSR count). The van der Waals surface area contributed by atoms with Crippen molar-refractivity contribution in [1.82, 2.24) is 0 Å². The van der Waals surface area contributed by atoms with E-state index in [9.17, 15) is 9.59 Å². The lowest BCUT2D eigenvalue weighted by atomic mass is 9.43. The molecule has 4 fully saturated rings. The molecule has 2 atom stereocenters. The molecular formula is C13H20N2O2. The van der Waals surface area contributed by atoms with Gasteiger partial charge in [-0.1, -0.05) is 0 Å². The maximum Gasteiger partial charge on any atom is 0.223 e. The van der Waals surface area contributed by atoms with Crippen LogP contribution in [0.1, 0.15) is 44.9 Å². The Kier molecular flexibility index (Phi) is 2.11. The molecule has 2 amide bonds. The Balaban J connectivity index is 1.94. The van der Waals surface area contributed by atoms with Crippen LogP contribution in [0.15, 0.2) is 0 Å². The van der Waals surface area contributed by atoms with Gasteiger partial charge in [-0.25, -0.2) is 0 Å². The van der Waals surface area contributed by atoms with Crippen molar-refractivity contribution in [1.29, 1.82) is 0 Å². The van der Waals surface area contributed by atoms with Gasteiger partial charge < -0.3 is 11.5 Å². The molecule has 0 aromatic carbocycles. The van der Waals surface area contributed by atoms with Crippen molar-refractivity contribution in [2.75, 3.05) is 0 Å². The van der Waals surface area contributed by atoms with Crippen LogP contribution < -0.4 is 11.5 Å². The van der Waals surface area contributed by atoms with Gasteiger partial charge in [0.05, 0.1) is 5.41 Å². The monoisotopic (exact) mass is 236 g/mol. The second-order valence-corrected chi connectivity index (χ2v) is 6.75. The Hall–Kier alpha value is -1.06. The third-order valence-electron chi connectivity index (χ3n) is 5.25. The lowest BCUT2D eigenvalue weighted by molar-refractivity contribution is -0.157. The average molecular weight is 236 g/mol. The van der Waals surface area contributed by atoms with E-state index in [0.29, 0.717) is 18.3 Å². The van der Waals surface area contributed by atoms with Gasteiger partial charge >= 0.3 is 0 Å². The van der Waals surface area contributed by atoms with E-state index in [0.717, 1.165) is 32.1 Å². The Morgan fingerprint density at radius 3 is 2.12 bits per heavy atom. The molecule has 0 aromatic rings. The van der Waals surface area contributed by atoms with Gasteiger partial charge in [-0.05, 0) is 55.8 Å². The Bertz CT molecular complexity index is 377. The van der Waals surface area contributed by atoms with E-state index < -0.39 is 0 Å². The van der Waals surface area contributed by atoms with Gasteiger partial charge in [0.2, 0.25) is 11.8 Å². The van der Waals surface area contributed by atoms with Gasteiger partial charge in [-0.15, -0.1) is 0 Å². The molecule has 4 N–H and O–H groups in total. The molecule has 4 aliphatic carbocycles. The van der Waals surface area contributed by atoms with Crippen LogP contribution in [0.2, 0.25) is 0 Å². The van der Waals surface area contributed by atoms with Crippen molar-refractivity contribution in [2.45, 2.75) is 44.9 Å². The number of carbonyl (C=O) groups is 2. The van der Waals surface area contributed by atoms with Crippen LogP contribution in [-0.4, -0.2) is 11.8 Å². The molecule has 4 aliphatic rings. The van der Waals surface area contributed by atoms with Crippen molar-refractivity contribution in [2.24, 2.45) is 34.1 Å². The first-order valence-electron chi connectivity index (χ1n) is 6.51. The predicted octanol–water partition coefficient (Wildman–Crippen LogP) is 0.934. The highest BCUT2D eigenvalue weighted by Gasteiger charge is 2.60. The molecule has 0 radical (unpaired) electrons. The first kappa shape index (κ1) is 11.1. The highest BCUT2D eigenvalue weighted by Crippen LogP contribution is 2.66. The van der Waals surface area contributed by atoms with E-state index in [1.165, 1.54) is 6.42 Å². The van der Waals surface area contributed by atoms with Gasteiger partial charge in [0, 0.05) is 6.42 Å². The van der Waals surface area contributed by atoms with Gasteiger partial charge in [-0.2, -0.15) is 0 Å². The van der Waals surface area contributed by atoms with Crippen LogP contribution in [0, 0.1) is 22.7 Å². The number of nitrogens with two attached hydrogens (primary N) is 2. The maximum absolute atomic E-state index is 11.8. The molecule has 4 nitrogen and oxygen atoms in total. The number of hydrogen-bond donors (Lipinski definition) is 2. The smallest absolute Gasteiger partial charge is 0.223 e. The second-order valence-electron chi connectivity index (χ2n) is 6.75. The summed E-state index contributed by atoms with van der Waals surface area (Å²) in [5.41, 5.74) is 10.7. The summed E-state index contributed by atoms with van der Waals surface area (Å²) in [6.45, 7) is 0. The first-order valence-corrected chi connectivity index (χ1v) is 6.51. The molecule has 0 spiro atoms. The van der Waals surface area contributed by atoms with E-state index in [1.807, 2.05) is 0 Å². The zero-order valence-corrected chi connectivity index (χ0v) is 10.1. The van der Waals surface area contributed by atoms with E-state index in [-0.39, 0.29) is 22.6 Å². The van der Waals surface area contributed by atoms with Crippen molar-refractivity contribution >= 4 is 11.8 Å². The molecule has 4 bridgehead atoms. The topological polar surface area (TPSA) is 86.2 Å². The van der Waals surface area contributed by atoms with Crippen LogP contribution in [0.3, 0.4) is 0 Å². The van der Waals surface area contributed by atoms with Crippen molar-refractivity contribution < 1.29 is 9.59 Å². The zero-order valence-electron chi connectivity index (χ0n) is 10.1. The molecule has 94 valence electrons. The van der Waals surface area contributed by atoms with Gasteiger partial charge in [0.25, 0.3) is 0 Å². The van der Waals surface area contributed by atoms with E-state index in [4.69, 9.17) is 11.5 Å². The number of amides is 2. The Morgan fingerprint density at radius 1 is 1.06 bits per heavy atom. The summed E-state index contributed by atoms with van der Waals surface area (Å²) < 4.78 is 0. The van der Waals surface area contributed by atoms with Gasteiger partial charge in [0.1, 0.15) is 0 Å². The van der Waals surface area contributed by atoms with E-state index in [1.54, 1.807) is 0 Å². The quantitative estimate of drug-likeness (QED) is 0.763. The highest BCUT2D eigenvalue weighted by atomic mass is 16.1. The molecule has 0 aliphatic heterocycles. The van der Waals surface area contributed by atoms with Gasteiger partial charge in [0.15, 0.2) is 0 Å². The maximum atomic E-state index is 11.8. The fourth-order valence-electron chi connectivity index (χ4n) is 5.32. The molecule has 4 heteroatoms. The molecular weight excluding hydrogens is 216 g/mol. The third kappa shape index (κ3) is 1.57. The lowest BCUT2D eigenvalue weighted by Crippen LogP contribution is -2.57. The molecule has 0 unspecified atom stereocenters. The van der Waals surface area contributed by atoms with Gasteiger partial charge in [-0.3, -0.25) is 9.59 Å². The summed E-state index contributed by atoms with van der Waals surface area (Å²) in [5.74, 6) is 0.790. The standard InChI is InChI=1S/C13H20N2O2/c14-10(16)6-12-2-8-1-9(3-12)5-13(4-8,7-12)11(15)17/h8-9H,1-7H2,(H2,14,16)(H2,15,17)/t8-,9-,12?,13?/m1/s1. The average Bonchev–Trinajstić information content (AvgIpc) is 2.12. The second kappa shape index (κ2) is 3.24. The fraction of sp³-hybridized carbons (Fsp3) is 0.846. The summed E-state index contributed by atoms with van der Waals surface area (Å²) in [5, 5.41) is 0. The largest absolute Gasteiger partial charge is 0.370 e. The minimum absolute atomic E-state index is 0.00898. The molecule has 0 saturated heterocycles. The zero-order chi connectivity index (χ0) is 12.3. The SMILES string of the molecule is NC(=O)CC12C[C@H]3C[C@H](C1)CC(C(N)=O)(C3)C2. The Labute approximate surface area is 101 Å². The highest BCUT2D eigenvalue weighted by molar-refractivity contribution is 5.82. The third-order valence-corrected chi connectivity index (χ3v) is 5.25.